The lowest BCUT2D eigenvalue weighted by Crippen LogP contribution is -3.00. The van der Waals surface area contributed by atoms with E-state index in [0.29, 0.717) is 0 Å². The van der Waals surface area contributed by atoms with Gasteiger partial charge in [-0.3, -0.25) is 0 Å². The van der Waals surface area contributed by atoms with E-state index < -0.39 is 7.26 Å². The fourth-order valence-electron chi connectivity index (χ4n) is 5.67. The molecule has 4 rings (SSSR count). The van der Waals surface area contributed by atoms with Gasteiger partial charge in [0.05, 0.1) is 6.16 Å². The molecule has 0 N–H and O–H groups in total. The van der Waals surface area contributed by atoms with Crippen LogP contribution in [0.5, 0.6) is 0 Å². The Hall–Kier alpha value is -1.43. The summed E-state index contributed by atoms with van der Waals surface area (Å²) in [5, 5.41) is 4.57. The topological polar surface area (TPSA) is 0 Å². The lowest BCUT2D eigenvalue weighted by Gasteiger charge is -2.27. The Morgan fingerprint density at radius 1 is 0.515 bits per heavy atom. The molecule has 2 heteroatoms. The van der Waals surface area contributed by atoms with Gasteiger partial charge in [-0.05, 0) is 55.2 Å². The van der Waals surface area contributed by atoms with Crippen molar-refractivity contribution in [3.05, 3.63) is 91.0 Å². The van der Waals surface area contributed by atoms with Gasteiger partial charge in [-0.2, -0.15) is 0 Å². The molecule has 176 valence electrons. The molecule has 0 unspecified atom stereocenters. The predicted octanol–water partition coefficient (Wildman–Crippen LogP) is 4.91. The van der Waals surface area contributed by atoms with Gasteiger partial charge in [0.2, 0.25) is 0 Å². The molecule has 0 aliphatic heterocycles. The van der Waals surface area contributed by atoms with Crippen LogP contribution in [-0.2, 0) is 0 Å². The maximum absolute atomic E-state index is 2.37. The molecule has 0 nitrogen and oxygen atoms in total. The average Bonchev–Trinajstić information content (AvgIpc) is 3.39. The fraction of sp³-hybridized carbons (Fsp3) is 0.419. The molecule has 1 aliphatic rings. The Balaban J connectivity index is 0.00000306. The summed E-state index contributed by atoms with van der Waals surface area (Å²) < 4.78 is 0. The van der Waals surface area contributed by atoms with E-state index in [9.17, 15) is 0 Å². The van der Waals surface area contributed by atoms with E-state index >= 15 is 0 Å². The standard InChI is InChI=1S/C31H40P.BrH/c1(3-8-18-28-19-15-16-20-28)2-4-17-27-32(29-21-9-5-10-22-29,30-23-11-6-12-24-30)31-25-13-7-14-26-31;/h5-7,9-14,21-26,28H,1-4,8,15-20,27H2;1H/q+1;/p-1. The van der Waals surface area contributed by atoms with Crippen LogP contribution >= 0.6 is 7.26 Å². The van der Waals surface area contributed by atoms with Crippen molar-refractivity contribution in [1.29, 1.82) is 0 Å². The average molecular weight is 524 g/mol. The molecule has 0 heterocycles. The van der Waals surface area contributed by atoms with E-state index in [1.807, 2.05) is 0 Å². The molecular formula is C31H40BrP. The van der Waals surface area contributed by atoms with E-state index in [1.165, 1.54) is 92.7 Å². The lowest BCUT2D eigenvalue weighted by molar-refractivity contribution is -0.00000645. The van der Waals surface area contributed by atoms with Crippen LogP contribution in [0.3, 0.4) is 0 Å². The molecule has 1 saturated carbocycles. The van der Waals surface area contributed by atoms with Gasteiger partial charge in [-0.25, -0.2) is 0 Å². The molecule has 1 fully saturated rings. The van der Waals surface area contributed by atoms with Gasteiger partial charge in [-0.15, -0.1) is 0 Å². The second-order valence-corrected chi connectivity index (χ2v) is 13.2. The maximum atomic E-state index is 2.37. The zero-order chi connectivity index (χ0) is 21.9. The predicted molar refractivity (Wildman–Crippen MR) is 144 cm³/mol. The van der Waals surface area contributed by atoms with Crippen molar-refractivity contribution >= 4 is 23.2 Å². The fourth-order valence-corrected chi connectivity index (χ4v) is 10.1. The SMILES string of the molecule is [Br-].c1ccc([P+](CCCCCCCCC2CCCC2)(c2ccccc2)c2ccccc2)cc1. The van der Waals surface area contributed by atoms with Gasteiger partial charge >= 0.3 is 0 Å². The van der Waals surface area contributed by atoms with E-state index in [1.54, 1.807) is 0 Å². The summed E-state index contributed by atoms with van der Waals surface area (Å²) in [6.45, 7) is 0. The molecule has 0 radical (unpaired) electrons. The van der Waals surface area contributed by atoms with E-state index in [-0.39, 0.29) is 17.0 Å². The van der Waals surface area contributed by atoms with Gasteiger partial charge in [0.25, 0.3) is 0 Å². The van der Waals surface area contributed by atoms with E-state index in [4.69, 9.17) is 0 Å². The summed E-state index contributed by atoms with van der Waals surface area (Å²) in [6.07, 6.45) is 17.1. The van der Waals surface area contributed by atoms with Crippen LogP contribution in [0, 0.1) is 5.92 Å². The van der Waals surface area contributed by atoms with Crippen molar-refractivity contribution < 1.29 is 17.0 Å². The first-order chi connectivity index (χ1) is 15.9. The molecule has 3 aromatic rings. The van der Waals surface area contributed by atoms with Crippen LogP contribution in [0.15, 0.2) is 91.0 Å². The van der Waals surface area contributed by atoms with Crippen LogP contribution in [0.2, 0.25) is 0 Å². The first kappa shape index (κ1) is 26.2. The third-order valence-electron chi connectivity index (χ3n) is 7.42. The summed E-state index contributed by atoms with van der Waals surface area (Å²) in [7, 11) is -1.63. The second kappa shape index (κ2) is 14.1. The summed E-state index contributed by atoms with van der Waals surface area (Å²) in [6, 6.07) is 34.0. The van der Waals surface area contributed by atoms with Gasteiger partial charge in [0.1, 0.15) is 23.2 Å². The summed E-state index contributed by atoms with van der Waals surface area (Å²) in [4.78, 5) is 0. The molecule has 3 aromatic carbocycles. The molecule has 1 aliphatic carbocycles. The number of hydrogen-bond donors (Lipinski definition) is 0. The Morgan fingerprint density at radius 2 is 0.909 bits per heavy atom. The monoisotopic (exact) mass is 522 g/mol. The third kappa shape index (κ3) is 7.03. The maximum Gasteiger partial charge on any atom is 0.112 e. The van der Waals surface area contributed by atoms with E-state index in [0.717, 1.165) is 5.92 Å². The summed E-state index contributed by atoms with van der Waals surface area (Å²) >= 11 is 0. The van der Waals surface area contributed by atoms with Crippen molar-refractivity contribution in [3.63, 3.8) is 0 Å². The van der Waals surface area contributed by atoms with Crippen LogP contribution in [0.25, 0.3) is 0 Å². The minimum atomic E-state index is -1.63. The highest BCUT2D eigenvalue weighted by molar-refractivity contribution is 7.95. The van der Waals surface area contributed by atoms with E-state index in [2.05, 4.69) is 91.0 Å². The van der Waals surface area contributed by atoms with Crippen molar-refractivity contribution in [2.75, 3.05) is 6.16 Å². The largest absolute Gasteiger partial charge is 1.00 e. The number of rotatable bonds is 12. The minimum Gasteiger partial charge on any atom is -1.00 e. The van der Waals surface area contributed by atoms with Crippen LogP contribution in [0.1, 0.15) is 70.6 Å². The smallest absolute Gasteiger partial charge is 0.112 e. The van der Waals surface area contributed by atoms with Crippen molar-refractivity contribution in [1.82, 2.24) is 0 Å². The number of unbranched alkanes of at least 4 members (excludes halogenated alkanes) is 5. The van der Waals surface area contributed by atoms with Crippen LogP contribution in [0.4, 0.5) is 0 Å². The molecule has 0 spiro atoms. The first-order valence-corrected chi connectivity index (χ1v) is 14.9. The van der Waals surface area contributed by atoms with Crippen molar-refractivity contribution in [3.8, 4) is 0 Å². The minimum absolute atomic E-state index is 0. The number of hydrogen-bond acceptors (Lipinski definition) is 0. The highest BCUT2D eigenvalue weighted by atomic mass is 79.9. The normalized spacial score (nSPS) is 14.2. The lowest BCUT2D eigenvalue weighted by atomic mass is 9.99. The quantitative estimate of drug-likeness (QED) is 0.234. The molecule has 0 saturated heterocycles. The van der Waals surface area contributed by atoms with Gasteiger partial charge in [0.15, 0.2) is 0 Å². The summed E-state index contributed by atoms with van der Waals surface area (Å²) in [5.74, 6) is 1.06. The Morgan fingerprint density at radius 3 is 1.36 bits per heavy atom. The highest BCUT2D eigenvalue weighted by Gasteiger charge is 2.44. The first-order valence-electron chi connectivity index (χ1n) is 12.9. The highest BCUT2D eigenvalue weighted by Crippen LogP contribution is 2.56. The Labute approximate surface area is 213 Å². The zero-order valence-electron chi connectivity index (χ0n) is 20.0. The van der Waals surface area contributed by atoms with Crippen LogP contribution < -0.4 is 32.9 Å². The zero-order valence-corrected chi connectivity index (χ0v) is 22.5. The number of benzene rings is 3. The third-order valence-corrected chi connectivity index (χ3v) is 11.9. The molecule has 0 atom stereocenters. The second-order valence-electron chi connectivity index (χ2n) is 9.60. The number of halogens is 1. The van der Waals surface area contributed by atoms with Crippen molar-refractivity contribution in [2.45, 2.75) is 70.6 Å². The molecular weight excluding hydrogens is 483 g/mol. The molecule has 0 aromatic heterocycles. The Kier molecular flexibility index (Phi) is 11.2. The van der Waals surface area contributed by atoms with Gasteiger partial charge in [-0.1, -0.05) is 112 Å². The molecule has 0 amide bonds. The molecule has 33 heavy (non-hydrogen) atoms. The summed E-state index contributed by atoms with van der Waals surface area (Å²) in [5.41, 5.74) is 0. The molecule has 0 bridgehead atoms. The van der Waals surface area contributed by atoms with Gasteiger partial charge < -0.3 is 17.0 Å². The Bertz CT molecular complexity index is 791. The van der Waals surface area contributed by atoms with Crippen molar-refractivity contribution in [2.24, 2.45) is 5.92 Å². The van der Waals surface area contributed by atoms with Crippen LogP contribution in [-0.4, -0.2) is 6.16 Å². The van der Waals surface area contributed by atoms with Gasteiger partial charge in [0, 0.05) is 0 Å².